The number of hydrogen-bond donors (Lipinski definition) is 3. The summed E-state index contributed by atoms with van der Waals surface area (Å²) in [6.07, 6.45) is 3.12. The highest BCUT2D eigenvalue weighted by Gasteiger charge is 2.16. The molecule has 0 fully saturated rings. The van der Waals surface area contributed by atoms with Crippen molar-refractivity contribution in [2.45, 2.75) is 0 Å². The summed E-state index contributed by atoms with van der Waals surface area (Å²) in [6, 6.07) is 7.30. The maximum Gasteiger partial charge on any atom is 0.258 e. The van der Waals surface area contributed by atoms with Crippen molar-refractivity contribution in [2.75, 3.05) is 30.9 Å². The molecule has 3 heterocycles. The summed E-state index contributed by atoms with van der Waals surface area (Å²) in [5.74, 6) is 0.892. The number of pyridine rings is 1. The lowest BCUT2D eigenvalue weighted by Gasteiger charge is -2.12. The number of fused-ring (bicyclic) bond motifs is 2. The van der Waals surface area contributed by atoms with Crippen molar-refractivity contribution >= 4 is 62.3 Å². The molecule has 0 saturated carbocycles. The second kappa shape index (κ2) is 8.99. The monoisotopic (exact) mass is 431 g/mol. The Labute approximate surface area is 176 Å². The second-order valence-corrected chi connectivity index (χ2v) is 6.84. The number of aliphatic hydroxyl groups is 1. The highest BCUT2D eigenvalue weighted by Crippen LogP contribution is 2.31. The smallest absolute Gasteiger partial charge is 0.258 e. The van der Waals surface area contributed by atoms with E-state index in [1.807, 2.05) is 18.2 Å². The zero-order chi connectivity index (χ0) is 19.5. The van der Waals surface area contributed by atoms with Gasteiger partial charge in [-0.25, -0.2) is 15.0 Å². The Hall–Kier alpha value is -3.01. The Morgan fingerprint density at radius 1 is 1.31 bits per heavy atom. The van der Waals surface area contributed by atoms with Crippen molar-refractivity contribution in [1.29, 1.82) is 0 Å². The Kier molecular flexibility index (Phi) is 6.42. The van der Waals surface area contributed by atoms with Crippen LogP contribution in [-0.4, -0.2) is 46.2 Å². The van der Waals surface area contributed by atoms with Crippen LogP contribution in [0.25, 0.3) is 21.1 Å². The maximum atomic E-state index is 12.8. The van der Waals surface area contributed by atoms with Crippen LogP contribution < -0.4 is 15.4 Å². The maximum absolute atomic E-state index is 12.8. The van der Waals surface area contributed by atoms with Crippen molar-refractivity contribution < 1.29 is 14.6 Å². The first-order chi connectivity index (χ1) is 13.7. The number of nitrogens with zero attached hydrogens (tertiary/aromatic N) is 3. The van der Waals surface area contributed by atoms with E-state index in [1.165, 1.54) is 24.8 Å². The number of benzene rings is 1. The van der Waals surface area contributed by atoms with Crippen molar-refractivity contribution in [3.05, 3.63) is 47.7 Å². The number of rotatable bonds is 6. The van der Waals surface area contributed by atoms with E-state index in [2.05, 4.69) is 25.6 Å². The van der Waals surface area contributed by atoms with Gasteiger partial charge in [0.05, 0.1) is 40.7 Å². The number of methoxy groups -OCH3 is 1. The molecule has 0 aliphatic carbocycles. The van der Waals surface area contributed by atoms with Crippen LogP contribution in [0.2, 0.25) is 0 Å². The van der Waals surface area contributed by atoms with Crippen LogP contribution in [0, 0.1) is 0 Å². The summed E-state index contributed by atoms with van der Waals surface area (Å²) >= 11 is 1.42. The predicted molar refractivity (Wildman–Crippen MR) is 116 cm³/mol. The SMILES string of the molecule is COc1cc2nc(NCCO)ccc2cc1NC(=O)c1csc2cncnc12.Cl. The number of anilines is 2. The molecule has 3 aromatic heterocycles. The minimum atomic E-state index is -0.267. The molecule has 1 aromatic carbocycles. The van der Waals surface area contributed by atoms with Gasteiger partial charge in [-0.15, -0.1) is 23.7 Å². The molecule has 0 spiro atoms. The van der Waals surface area contributed by atoms with Crippen LogP contribution in [0.15, 0.2) is 42.2 Å². The van der Waals surface area contributed by atoms with Crippen molar-refractivity contribution in [2.24, 2.45) is 0 Å². The van der Waals surface area contributed by atoms with E-state index in [9.17, 15) is 4.79 Å². The summed E-state index contributed by atoms with van der Waals surface area (Å²) in [5.41, 5.74) is 2.38. The van der Waals surface area contributed by atoms with Gasteiger partial charge in [-0.2, -0.15) is 0 Å². The highest BCUT2D eigenvalue weighted by molar-refractivity contribution is 7.17. The first-order valence-corrected chi connectivity index (χ1v) is 9.39. The van der Waals surface area contributed by atoms with Crippen LogP contribution in [0.5, 0.6) is 5.75 Å². The van der Waals surface area contributed by atoms with Gasteiger partial charge in [-0.1, -0.05) is 0 Å². The molecule has 0 bridgehead atoms. The minimum Gasteiger partial charge on any atom is -0.494 e. The zero-order valence-electron chi connectivity index (χ0n) is 15.4. The highest BCUT2D eigenvalue weighted by atomic mass is 35.5. The molecule has 4 rings (SSSR count). The Morgan fingerprint density at radius 3 is 2.97 bits per heavy atom. The van der Waals surface area contributed by atoms with E-state index in [0.29, 0.717) is 40.4 Å². The fraction of sp³-hybridized carbons (Fsp3) is 0.158. The lowest BCUT2D eigenvalue weighted by molar-refractivity contribution is 0.102. The minimum absolute atomic E-state index is 0. The van der Waals surface area contributed by atoms with E-state index in [0.717, 1.165) is 10.1 Å². The van der Waals surface area contributed by atoms with E-state index in [-0.39, 0.29) is 24.9 Å². The van der Waals surface area contributed by atoms with Gasteiger partial charge in [-0.3, -0.25) is 4.79 Å². The van der Waals surface area contributed by atoms with Gasteiger partial charge in [-0.05, 0) is 18.2 Å². The molecule has 4 aromatic rings. The summed E-state index contributed by atoms with van der Waals surface area (Å²) in [5, 5.41) is 17.5. The second-order valence-electron chi connectivity index (χ2n) is 5.93. The average molecular weight is 432 g/mol. The van der Waals surface area contributed by atoms with E-state index < -0.39 is 0 Å². The van der Waals surface area contributed by atoms with Gasteiger partial charge in [0.1, 0.15) is 17.9 Å². The van der Waals surface area contributed by atoms with Gasteiger partial charge in [0, 0.05) is 29.6 Å². The van der Waals surface area contributed by atoms with Crippen molar-refractivity contribution in [3.8, 4) is 5.75 Å². The number of carbonyl (C=O) groups excluding carboxylic acids is 1. The third-order valence-corrected chi connectivity index (χ3v) is 5.06. The van der Waals surface area contributed by atoms with Crippen LogP contribution in [-0.2, 0) is 0 Å². The number of aliphatic hydroxyl groups excluding tert-OH is 1. The number of aromatic nitrogens is 3. The van der Waals surface area contributed by atoms with Gasteiger partial charge in [0.25, 0.3) is 5.91 Å². The van der Waals surface area contributed by atoms with E-state index >= 15 is 0 Å². The Morgan fingerprint density at radius 2 is 2.17 bits per heavy atom. The zero-order valence-corrected chi connectivity index (χ0v) is 17.0. The first-order valence-electron chi connectivity index (χ1n) is 8.51. The first kappa shape index (κ1) is 20.7. The fourth-order valence-electron chi connectivity index (χ4n) is 2.84. The fourth-order valence-corrected chi connectivity index (χ4v) is 3.69. The topological polar surface area (TPSA) is 109 Å². The number of halogens is 1. The standard InChI is InChI=1S/C19H17N5O3S.ClH/c1-27-15-7-13-11(2-3-17(23-13)21-4-5-25)6-14(15)24-19(26)12-9-28-16-8-20-10-22-18(12)16;/h2-3,6-10,25H,4-5H2,1H3,(H,21,23)(H,24,26);1H. The molecule has 0 saturated heterocycles. The Bertz CT molecular complexity index is 1170. The molecule has 29 heavy (non-hydrogen) atoms. The number of carbonyl (C=O) groups is 1. The molecule has 0 aliphatic heterocycles. The molecule has 0 atom stereocenters. The van der Waals surface area contributed by atoms with Crippen molar-refractivity contribution in [1.82, 2.24) is 15.0 Å². The summed E-state index contributed by atoms with van der Waals surface area (Å²) in [6.45, 7) is 0.443. The van der Waals surface area contributed by atoms with Crippen LogP contribution in [0.4, 0.5) is 11.5 Å². The molecule has 0 unspecified atom stereocenters. The van der Waals surface area contributed by atoms with Crippen LogP contribution in [0.1, 0.15) is 10.4 Å². The number of amides is 1. The molecule has 0 aliphatic rings. The molecule has 10 heteroatoms. The average Bonchev–Trinajstić information content (AvgIpc) is 3.16. The molecule has 0 radical (unpaired) electrons. The van der Waals surface area contributed by atoms with E-state index in [1.54, 1.807) is 17.6 Å². The van der Waals surface area contributed by atoms with Gasteiger partial charge < -0.3 is 20.5 Å². The predicted octanol–water partition coefficient (Wildman–Crippen LogP) is 3.33. The third-order valence-electron chi connectivity index (χ3n) is 4.16. The van der Waals surface area contributed by atoms with Crippen LogP contribution in [0.3, 0.4) is 0 Å². The molecule has 150 valence electrons. The summed E-state index contributed by atoms with van der Waals surface area (Å²) in [7, 11) is 1.54. The van der Waals surface area contributed by atoms with Crippen LogP contribution >= 0.6 is 23.7 Å². The van der Waals surface area contributed by atoms with Crippen molar-refractivity contribution in [3.63, 3.8) is 0 Å². The molecule has 1 amide bonds. The van der Waals surface area contributed by atoms with Gasteiger partial charge >= 0.3 is 0 Å². The van der Waals surface area contributed by atoms with Gasteiger partial charge in [0.2, 0.25) is 0 Å². The largest absolute Gasteiger partial charge is 0.494 e. The number of nitrogens with one attached hydrogen (secondary N) is 2. The quantitative estimate of drug-likeness (QED) is 0.429. The lowest BCUT2D eigenvalue weighted by atomic mass is 10.1. The number of hydrogen-bond acceptors (Lipinski definition) is 8. The van der Waals surface area contributed by atoms with E-state index in [4.69, 9.17) is 9.84 Å². The number of ether oxygens (including phenoxy) is 1. The molecular weight excluding hydrogens is 414 g/mol. The molecule has 3 N–H and O–H groups in total. The lowest BCUT2D eigenvalue weighted by Crippen LogP contribution is -2.12. The summed E-state index contributed by atoms with van der Waals surface area (Å²) in [4.78, 5) is 25.5. The number of thiophene rings is 1. The normalized spacial score (nSPS) is 10.6. The Balaban J connectivity index is 0.00000240. The molecular formula is C19H18ClN5O3S. The molecule has 8 nitrogen and oxygen atoms in total. The van der Waals surface area contributed by atoms with Gasteiger partial charge in [0.15, 0.2) is 0 Å². The summed E-state index contributed by atoms with van der Waals surface area (Å²) < 4.78 is 6.29. The third kappa shape index (κ3) is 4.21.